The summed E-state index contributed by atoms with van der Waals surface area (Å²) in [6, 6.07) is 1.81. The lowest BCUT2D eigenvalue weighted by Crippen LogP contribution is -2.29. The van der Waals surface area contributed by atoms with Gasteiger partial charge >= 0.3 is 6.09 Å². The molecule has 0 aliphatic carbocycles. The molecule has 5 nitrogen and oxygen atoms in total. The van der Waals surface area contributed by atoms with E-state index >= 15 is 0 Å². The van der Waals surface area contributed by atoms with Crippen LogP contribution in [0.25, 0.3) is 0 Å². The Morgan fingerprint density at radius 2 is 2.36 bits per heavy atom. The maximum atomic E-state index is 10.8. The number of aryl methyl sites for hydroxylation is 2. The number of amides is 1. The minimum atomic E-state index is -1.13. The fraction of sp³-hybridized carbons (Fsp3) is 0.375. The molecule has 14 heavy (non-hydrogen) atoms. The average molecular weight is 211 g/mol. The van der Waals surface area contributed by atoms with Crippen molar-refractivity contribution in [1.29, 1.82) is 5.26 Å². The van der Waals surface area contributed by atoms with Crippen LogP contribution in [-0.2, 0) is 0 Å². The second-order valence-electron chi connectivity index (χ2n) is 2.65. The molecule has 1 rings (SSSR count). The molecule has 0 unspecified atom stereocenters. The van der Waals surface area contributed by atoms with Crippen LogP contribution in [0, 0.1) is 25.2 Å². The zero-order valence-electron chi connectivity index (χ0n) is 7.81. The van der Waals surface area contributed by atoms with Crippen LogP contribution in [0.15, 0.2) is 0 Å². The van der Waals surface area contributed by atoms with Gasteiger partial charge in [0.15, 0.2) is 0 Å². The molecule has 0 spiro atoms. The van der Waals surface area contributed by atoms with Crippen LogP contribution in [0.2, 0.25) is 0 Å². The molecule has 0 fully saturated rings. The van der Waals surface area contributed by atoms with E-state index in [1.54, 1.807) is 13.8 Å². The number of hydrogen-bond acceptors (Lipinski definition) is 4. The summed E-state index contributed by atoms with van der Waals surface area (Å²) >= 11 is 1.27. The van der Waals surface area contributed by atoms with Crippen LogP contribution in [-0.4, -0.2) is 22.7 Å². The summed E-state index contributed by atoms with van der Waals surface area (Å²) in [5.74, 6) is 0. The molecule has 1 heterocycles. The van der Waals surface area contributed by atoms with Gasteiger partial charge in [0.25, 0.3) is 0 Å². The molecular weight excluding hydrogens is 202 g/mol. The third-order valence-corrected chi connectivity index (χ3v) is 2.68. The fourth-order valence-electron chi connectivity index (χ4n) is 1.07. The van der Waals surface area contributed by atoms with Gasteiger partial charge in [-0.1, -0.05) is 0 Å². The number of carboxylic acid groups (broad SMARTS) is 1. The lowest BCUT2D eigenvalue weighted by molar-refractivity contribution is 0.202. The lowest BCUT2D eigenvalue weighted by Gasteiger charge is -2.12. The minimum Gasteiger partial charge on any atom is -0.465 e. The largest absolute Gasteiger partial charge is 0.465 e. The number of thiazole rings is 1. The first-order valence-corrected chi connectivity index (χ1v) is 4.69. The highest BCUT2D eigenvalue weighted by molar-refractivity contribution is 7.16. The van der Waals surface area contributed by atoms with Crippen molar-refractivity contribution in [1.82, 2.24) is 4.98 Å². The number of anilines is 1. The Hall–Kier alpha value is -1.61. The summed E-state index contributed by atoms with van der Waals surface area (Å²) in [5.41, 5.74) is 0.644. The van der Waals surface area contributed by atoms with Crippen LogP contribution < -0.4 is 4.90 Å². The Labute approximate surface area is 85.2 Å². The number of rotatable bonds is 2. The molecule has 6 heteroatoms. The van der Waals surface area contributed by atoms with Crippen molar-refractivity contribution in [2.45, 2.75) is 13.8 Å². The van der Waals surface area contributed by atoms with Gasteiger partial charge in [0.05, 0.1) is 16.8 Å². The fourth-order valence-corrected chi connectivity index (χ4v) is 1.98. The summed E-state index contributed by atoms with van der Waals surface area (Å²) in [5, 5.41) is 18.6. The Morgan fingerprint density at radius 3 is 2.71 bits per heavy atom. The minimum absolute atomic E-state index is 0.169. The third-order valence-electron chi connectivity index (χ3n) is 1.58. The Morgan fingerprint density at radius 1 is 1.71 bits per heavy atom. The highest BCUT2D eigenvalue weighted by Gasteiger charge is 2.18. The maximum absolute atomic E-state index is 10.8. The normalized spacial score (nSPS) is 9.50. The SMILES string of the molecule is Cc1nc(C)c(N(CC#N)C(=O)O)s1. The highest BCUT2D eigenvalue weighted by Crippen LogP contribution is 2.27. The van der Waals surface area contributed by atoms with E-state index in [1.165, 1.54) is 11.3 Å². The molecule has 1 N–H and O–H groups in total. The number of nitriles is 1. The van der Waals surface area contributed by atoms with Crippen molar-refractivity contribution >= 4 is 22.4 Å². The topological polar surface area (TPSA) is 77.2 Å². The second kappa shape index (κ2) is 4.07. The van der Waals surface area contributed by atoms with Crippen LogP contribution in [0.5, 0.6) is 0 Å². The van der Waals surface area contributed by atoms with Crippen molar-refractivity contribution in [3.8, 4) is 6.07 Å². The van der Waals surface area contributed by atoms with E-state index in [2.05, 4.69) is 4.98 Å². The summed E-state index contributed by atoms with van der Waals surface area (Å²) in [4.78, 5) is 15.9. The first kappa shape index (κ1) is 10.5. The van der Waals surface area contributed by atoms with Gasteiger partial charge in [0.1, 0.15) is 11.5 Å². The van der Waals surface area contributed by atoms with Crippen LogP contribution >= 0.6 is 11.3 Å². The zero-order valence-corrected chi connectivity index (χ0v) is 8.63. The Balaban J connectivity index is 3.05. The number of nitrogens with zero attached hydrogens (tertiary/aromatic N) is 3. The molecule has 1 aromatic heterocycles. The van der Waals surface area contributed by atoms with E-state index in [4.69, 9.17) is 10.4 Å². The van der Waals surface area contributed by atoms with Crippen LogP contribution in [0.1, 0.15) is 10.7 Å². The monoisotopic (exact) mass is 211 g/mol. The van der Waals surface area contributed by atoms with Gasteiger partial charge in [-0.15, -0.1) is 11.3 Å². The zero-order chi connectivity index (χ0) is 10.7. The van der Waals surface area contributed by atoms with E-state index in [0.29, 0.717) is 10.7 Å². The molecule has 74 valence electrons. The van der Waals surface area contributed by atoms with Crippen LogP contribution in [0.3, 0.4) is 0 Å². The van der Waals surface area contributed by atoms with E-state index < -0.39 is 6.09 Å². The highest BCUT2D eigenvalue weighted by atomic mass is 32.1. The molecule has 0 saturated heterocycles. The molecule has 0 saturated carbocycles. The molecule has 1 aromatic rings. The summed E-state index contributed by atoms with van der Waals surface area (Å²) < 4.78 is 0. The van der Waals surface area contributed by atoms with Crippen molar-refractivity contribution in [2.75, 3.05) is 11.4 Å². The first-order chi connectivity index (χ1) is 6.56. The summed E-state index contributed by atoms with van der Waals surface area (Å²) in [6.07, 6.45) is -1.13. The lowest BCUT2D eigenvalue weighted by atomic mass is 10.4. The predicted molar refractivity (Wildman–Crippen MR) is 52.6 cm³/mol. The third kappa shape index (κ3) is 2.00. The van der Waals surface area contributed by atoms with Gasteiger partial charge in [-0.2, -0.15) is 5.26 Å². The van der Waals surface area contributed by atoms with Gasteiger partial charge in [0, 0.05) is 0 Å². The smallest absolute Gasteiger partial charge is 0.413 e. The molecule has 0 radical (unpaired) electrons. The van der Waals surface area contributed by atoms with Gasteiger partial charge in [-0.3, -0.25) is 4.90 Å². The predicted octanol–water partition coefficient (Wildman–Crippen LogP) is 1.77. The molecule has 0 bridgehead atoms. The van der Waals surface area contributed by atoms with Crippen molar-refractivity contribution in [2.24, 2.45) is 0 Å². The van der Waals surface area contributed by atoms with Gasteiger partial charge in [-0.25, -0.2) is 9.78 Å². The molecule has 1 amide bonds. The Bertz CT molecular complexity index is 394. The quantitative estimate of drug-likeness (QED) is 0.756. The number of hydrogen-bond donors (Lipinski definition) is 1. The second-order valence-corrected chi connectivity index (χ2v) is 3.83. The summed E-state index contributed by atoms with van der Waals surface area (Å²) in [6.45, 7) is 3.36. The van der Waals surface area contributed by atoms with Crippen LogP contribution in [0.4, 0.5) is 9.80 Å². The van der Waals surface area contributed by atoms with Crippen molar-refractivity contribution in [3.63, 3.8) is 0 Å². The molecule has 0 atom stereocenters. The standard InChI is InChI=1S/C8H9N3O2S/c1-5-7(14-6(2)10-5)11(4-3-9)8(12)13/h4H2,1-2H3,(H,12,13). The van der Waals surface area contributed by atoms with E-state index in [-0.39, 0.29) is 6.54 Å². The molecular formula is C8H9N3O2S. The van der Waals surface area contributed by atoms with Crippen molar-refractivity contribution in [3.05, 3.63) is 10.7 Å². The first-order valence-electron chi connectivity index (χ1n) is 3.87. The Kier molecular flexibility index (Phi) is 3.04. The van der Waals surface area contributed by atoms with Crippen molar-refractivity contribution < 1.29 is 9.90 Å². The van der Waals surface area contributed by atoms with Gasteiger partial charge in [-0.05, 0) is 13.8 Å². The molecule has 0 aromatic carbocycles. The number of aromatic nitrogens is 1. The molecule has 0 aliphatic heterocycles. The van der Waals surface area contributed by atoms with E-state index in [1.807, 2.05) is 6.07 Å². The van der Waals surface area contributed by atoms with E-state index in [0.717, 1.165) is 9.91 Å². The maximum Gasteiger partial charge on any atom is 0.413 e. The molecule has 0 aliphatic rings. The average Bonchev–Trinajstić information content (AvgIpc) is 2.40. The van der Waals surface area contributed by atoms with Gasteiger partial charge in [0.2, 0.25) is 0 Å². The summed E-state index contributed by atoms with van der Waals surface area (Å²) in [7, 11) is 0. The van der Waals surface area contributed by atoms with E-state index in [9.17, 15) is 4.79 Å². The number of carbonyl (C=O) groups is 1. The van der Waals surface area contributed by atoms with Gasteiger partial charge < -0.3 is 5.11 Å².